The van der Waals surface area contributed by atoms with Crippen LogP contribution >= 0.6 is 11.8 Å². The van der Waals surface area contributed by atoms with Crippen molar-refractivity contribution in [2.45, 2.75) is 32.9 Å². The average molecular weight is 276 g/mol. The summed E-state index contributed by atoms with van der Waals surface area (Å²) in [5, 5.41) is 21.0. The third kappa shape index (κ3) is 2.18. The molecule has 0 aliphatic carbocycles. The Bertz CT molecular complexity index is 645. The fourth-order valence-corrected chi connectivity index (χ4v) is 2.89. The number of hydrogen-bond acceptors (Lipinski definition) is 5. The summed E-state index contributed by atoms with van der Waals surface area (Å²) in [5.41, 5.74) is 2.96. The monoisotopic (exact) mass is 276 g/mol. The van der Waals surface area contributed by atoms with E-state index in [0.717, 1.165) is 28.0 Å². The molecule has 1 aliphatic heterocycles. The number of thioether (sulfide) groups is 1. The van der Waals surface area contributed by atoms with Crippen LogP contribution in [0.25, 0.3) is 11.5 Å². The molecule has 7 heteroatoms. The zero-order valence-electron chi connectivity index (χ0n) is 11.4. The van der Waals surface area contributed by atoms with E-state index in [9.17, 15) is 0 Å². The minimum Gasteiger partial charge on any atom is -0.282 e. The molecule has 2 aromatic rings. The third-order valence-electron chi connectivity index (χ3n) is 2.97. The molecule has 0 unspecified atom stereocenters. The van der Waals surface area contributed by atoms with Crippen LogP contribution in [-0.2, 0) is 0 Å². The van der Waals surface area contributed by atoms with Crippen molar-refractivity contribution in [3.8, 4) is 11.5 Å². The van der Waals surface area contributed by atoms with Crippen LogP contribution in [0.5, 0.6) is 0 Å². The van der Waals surface area contributed by atoms with Gasteiger partial charge in [-0.3, -0.25) is 5.10 Å². The first kappa shape index (κ1) is 12.4. The molecule has 1 N–H and O–H groups in total. The van der Waals surface area contributed by atoms with Gasteiger partial charge in [0.25, 0.3) is 0 Å². The Hall–Kier alpha value is -1.63. The van der Waals surface area contributed by atoms with Gasteiger partial charge in [0.2, 0.25) is 11.0 Å². The zero-order chi connectivity index (χ0) is 13.6. The molecule has 0 bridgehead atoms. The van der Waals surface area contributed by atoms with Gasteiger partial charge in [0, 0.05) is 16.9 Å². The second-order valence-corrected chi connectivity index (χ2v) is 6.58. The lowest BCUT2D eigenvalue weighted by atomic mass is 9.91. The minimum absolute atomic E-state index is 0.0493. The van der Waals surface area contributed by atoms with Crippen LogP contribution in [0.3, 0.4) is 0 Å². The van der Waals surface area contributed by atoms with Crippen LogP contribution in [0.15, 0.2) is 16.3 Å². The molecule has 0 saturated heterocycles. The number of H-pyrrole nitrogens is 1. The van der Waals surface area contributed by atoms with Crippen molar-refractivity contribution in [2.75, 3.05) is 5.75 Å². The first-order valence-corrected chi connectivity index (χ1v) is 7.12. The number of nitrogens with zero attached hydrogens (tertiary/aromatic N) is 5. The van der Waals surface area contributed by atoms with Crippen molar-refractivity contribution in [2.24, 2.45) is 10.5 Å². The second kappa shape index (κ2) is 4.19. The fraction of sp³-hybridized carbons (Fsp3) is 0.500. The highest BCUT2D eigenvalue weighted by molar-refractivity contribution is 7.99. The maximum Gasteiger partial charge on any atom is 0.212 e. The van der Waals surface area contributed by atoms with E-state index in [4.69, 9.17) is 5.10 Å². The number of aromatic nitrogens is 5. The van der Waals surface area contributed by atoms with Gasteiger partial charge in [-0.25, -0.2) is 0 Å². The molecule has 0 atom stereocenters. The van der Waals surface area contributed by atoms with Crippen LogP contribution in [0.4, 0.5) is 0 Å². The van der Waals surface area contributed by atoms with Gasteiger partial charge in [-0.1, -0.05) is 32.5 Å². The molecule has 0 spiro atoms. The predicted molar refractivity (Wildman–Crippen MR) is 75.4 cm³/mol. The number of fused-ring (bicyclic) bond motifs is 1. The summed E-state index contributed by atoms with van der Waals surface area (Å²) in [5.74, 6) is 1.55. The van der Waals surface area contributed by atoms with Gasteiger partial charge in [-0.15, -0.1) is 10.2 Å². The van der Waals surface area contributed by atoms with E-state index < -0.39 is 0 Å². The third-order valence-corrected chi connectivity index (χ3v) is 3.90. The SMILES string of the molecule is Cc1cc(-c2nnc3n2N=C(C(C)(C)C)CS3)n[nH]1. The molecule has 0 aromatic carbocycles. The quantitative estimate of drug-likeness (QED) is 0.867. The Morgan fingerprint density at radius 1 is 1.32 bits per heavy atom. The molecule has 0 radical (unpaired) electrons. The minimum atomic E-state index is 0.0493. The molecule has 2 aromatic heterocycles. The number of rotatable bonds is 1. The van der Waals surface area contributed by atoms with E-state index in [2.05, 4.69) is 41.2 Å². The summed E-state index contributed by atoms with van der Waals surface area (Å²) in [4.78, 5) is 0. The predicted octanol–water partition coefficient (Wildman–Crippen LogP) is 2.33. The summed E-state index contributed by atoms with van der Waals surface area (Å²) in [6.07, 6.45) is 0. The molecule has 3 rings (SSSR count). The molecule has 1 aliphatic rings. The van der Waals surface area contributed by atoms with Gasteiger partial charge in [0.05, 0.1) is 5.71 Å². The summed E-state index contributed by atoms with van der Waals surface area (Å²) < 4.78 is 1.80. The Kier molecular flexibility index (Phi) is 2.74. The Morgan fingerprint density at radius 2 is 2.11 bits per heavy atom. The van der Waals surface area contributed by atoms with Crippen molar-refractivity contribution in [1.29, 1.82) is 0 Å². The zero-order valence-corrected chi connectivity index (χ0v) is 12.2. The highest BCUT2D eigenvalue weighted by Crippen LogP contribution is 2.30. The molecule has 3 heterocycles. The Morgan fingerprint density at radius 3 is 2.74 bits per heavy atom. The van der Waals surface area contributed by atoms with Crippen LogP contribution < -0.4 is 0 Å². The van der Waals surface area contributed by atoms with E-state index in [1.54, 1.807) is 16.4 Å². The molecule has 19 heavy (non-hydrogen) atoms. The smallest absolute Gasteiger partial charge is 0.212 e. The first-order valence-electron chi connectivity index (χ1n) is 6.14. The van der Waals surface area contributed by atoms with Crippen molar-refractivity contribution >= 4 is 17.5 Å². The summed E-state index contributed by atoms with van der Waals surface area (Å²) in [6.45, 7) is 8.46. The largest absolute Gasteiger partial charge is 0.282 e. The lowest BCUT2D eigenvalue weighted by Crippen LogP contribution is -2.26. The normalized spacial score (nSPS) is 15.3. The van der Waals surface area contributed by atoms with Crippen LogP contribution in [0, 0.1) is 12.3 Å². The number of hydrogen-bond donors (Lipinski definition) is 1. The molecule has 6 nitrogen and oxygen atoms in total. The Labute approximate surface area is 115 Å². The summed E-state index contributed by atoms with van der Waals surface area (Å²) >= 11 is 1.67. The van der Waals surface area contributed by atoms with E-state index in [1.807, 2.05) is 13.0 Å². The van der Waals surface area contributed by atoms with Gasteiger partial charge in [-0.05, 0) is 13.0 Å². The highest BCUT2D eigenvalue weighted by atomic mass is 32.2. The number of aromatic amines is 1. The second-order valence-electron chi connectivity index (χ2n) is 5.64. The molecule has 0 fully saturated rings. The first-order chi connectivity index (χ1) is 8.95. The number of aryl methyl sites for hydroxylation is 1. The van der Waals surface area contributed by atoms with E-state index in [1.165, 1.54) is 0 Å². The van der Waals surface area contributed by atoms with E-state index in [0.29, 0.717) is 5.82 Å². The van der Waals surface area contributed by atoms with E-state index >= 15 is 0 Å². The molecule has 0 amide bonds. The van der Waals surface area contributed by atoms with Crippen molar-refractivity contribution in [3.05, 3.63) is 11.8 Å². The fourth-order valence-electron chi connectivity index (χ4n) is 1.79. The van der Waals surface area contributed by atoms with Gasteiger partial charge in [-0.2, -0.15) is 14.9 Å². The van der Waals surface area contributed by atoms with Crippen molar-refractivity contribution in [1.82, 2.24) is 25.1 Å². The standard InChI is InChI=1S/C12H16N6S/c1-7-5-8(14-13-7)10-15-16-11-18(10)17-9(6-19-11)12(2,3)4/h5H,6H2,1-4H3,(H,13,14). The molecule has 0 saturated carbocycles. The van der Waals surface area contributed by atoms with Crippen molar-refractivity contribution in [3.63, 3.8) is 0 Å². The maximum atomic E-state index is 4.70. The lowest BCUT2D eigenvalue weighted by Gasteiger charge is -2.23. The number of nitrogens with one attached hydrogen (secondary N) is 1. The van der Waals surface area contributed by atoms with Crippen LogP contribution in [0.1, 0.15) is 26.5 Å². The topological polar surface area (TPSA) is 71.8 Å². The summed E-state index contributed by atoms with van der Waals surface area (Å²) in [6, 6.07) is 1.95. The summed E-state index contributed by atoms with van der Waals surface area (Å²) in [7, 11) is 0. The maximum absolute atomic E-state index is 4.70. The highest BCUT2D eigenvalue weighted by Gasteiger charge is 2.27. The van der Waals surface area contributed by atoms with Crippen LogP contribution in [-0.4, -0.2) is 36.5 Å². The average Bonchev–Trinajstić information content (AvgIpc) is 2.92. The van der Waals surface area contributed by atoms with Gasteiger partial charge >= 0.3 is 0 Å². The Balaban J connectivity index is 2.09. The van der Waals surface area contributed by atoms with Gasteiger partial charge in [0.15, 0.2) is 0 Å². The van der Waals surface area contributed by atoms with E-state index in [-0.39, 0.29) is 5.41 Å². The van der Waals surface area contributed by atoms with Gasteiger partial charge in [0.1, 0.15) is 5.69 Å². The molecule has 100 valence electrons. The van der Waals surface area contributed by atoms with Crippen LogP contribution in [0.2, 0.25) is 0 Å². The van der Waals surface area contributed by atoms with Crippen molar-refractivity contribution < 1.29 is 0 Å². The molecular weight excluding hydrogens is 260 g/mol. The van der Waals surface area contributed by atoms with Gasteiger partial charge < -0.3 is 0 Å². The molecular formula is C12H16N6S. The lowest BCUT2D eigenvalue weighted by molar-refractivity contribution is 0.574.